The van der Waals surface area contributed by atoms with Crippen molar-refractivity contribution in [3.05, 3.63) is 70.4 Å². The fourth-order valence-electron chi connectivity index (χ4n) is 3.08. The minimum absolute atomic E-state index is 0.0634. The fraction of sp³-hybridized carbons (Fsp3) is 0.100. The van der Waals surface area contributed by atoms with E-state index in [1.807, 2.05) is 0 Å². The van der Waals surface area contributed by atoms with Crippen molar-refractivity contribution in [3.63, 3.8) is 0 Å². The van der Waals surface area contributed by atoms with Crippen LogP contribution in [0, 0.1) is 11.6 Å². The van der Waals surface area contributed by atoms with Crippen LogP contribution in [0.1, 0.15) is 11.4 Å². The average Bonchev–Trinajstić information content (AvgIpc) is 3.15. The molecule has 152 valence electrons. The van der Waals surface area contributed by atoms with Gasteiger partial charge in [0.05, 0.1) is 22.5 Å². The molecule has 0 aliphatic carbocycles. The summed E-state index contributed by atoms with van der Waals surface area (Å²) in [5.74, 6) is -2.33. The highest BCUT2D eigenvalue weighted by Gasteiger charge is 2.33. The van der Waals surface area contributed by atoms with Gasteiger partial charge in [0, 0.05) is 11.6 Å². The molecule has 1 fully saturated rings. The number of carbonyl (C=O) groups excluding carboxylic acids is 1. The average molecular weight is 445 g/mol. The number of carboxylic acid groups (broad SMARTS) is 1. The maximum absolute atomic E-state index is 14.2. The highest BCUT2D eigenvalue weighted by atomic mass is 32.2. The summed E-state index contributed by atoms with van der Waals surface area (Å²) in [7, 11) is 0. The van der Waals surface area contributed by atoms with Gasteiger partial charge < -0.3 is 9.67 Å². The third-order valence-electron chi connectivity index (χ3n) is 4.45. The molecule has 30 heavy (non-hydrogen) atoms. The third-order valence-corrected chi connectivity index (χ3v) is 5.83. The van der Waals surface area contributed by atoms with Crippen molar-refractivity contribution in [2.75, 3.05) is 6.54 Å². The summed E-state index contributed by atoms with van der Waals surface area (Å²) in [4.78, 5) is 29.2. The first-order chi connectivity index (χ1) is 14.3. The minimum atomic E-state index is -1.19. The second kappa shape index (κ2) is 7.96. The number of amides is 1. The lowest BCUT2D eigenvalue weighted by Crippen LogP contribution is -2.33. The topological polar surface area (TPSA) is 75.4 Å². The van der Waals surface area contributed by atoms with E-state index in [1.54, 1.807) is 22.8 Å². The van der Waals surface area contributed by atoms with Gasteiger partial charge in [-0.1, -0.05) is 42.2 Å². The quantitative estimate of drug-likeness (QED) is 0.477. The van der Waals surface area contributed by atoms with E-state index in [1.165, 1.54) is 30.3 Å². The Balaban J connectivity index is 1.80. The molecule has 10 heteroatoms. The summed E-state index contributed by atoms with van der Waals surface area (Å²) in [5.41, 5.74) is 1.28. The maximum atomic E-state index is 14.2. The number of thiocarbonyl (C=S) groups is 1. The second-order valence-corrected chi connectivity index (χ2v) is 8.12. The number of carboxylic acids is 1. The lowest BCUT2D eigenvalue weighted by molar-refractivity contribution is -0.140. The van der Waals surface area contributed by atoms with E-state index in [9.17, 15) is 18.4 Å². The fourth-order valence-corrected chi connectivity index (χ4v) is 4.30. The van der Waals surface area contributed by atoms with Crippen LogP contribution in [-0.2, 0) is 16.1 Å². The number of rotatable bonds is 5. The minimum Gasteiger partial charge on any atom is -0.480 e. The van der Waals surface area contributed by atoms with Gasteiger partial charge in [0.2, 0.25) is 0 Å². The zero-order valence-electron chi connectivity index (χ0n) is 15.2. The van der Waals surface area contributed by atoms with E-state index in [4.69, 9.17) is 17.3 Å². The van der Waals surface area contributed by atoms with Crippen molar-refractivity contribution in [1.82, 2.24) is 14.5 Å². The van der Waals surface area contributed by atoms with Crippen LogP contribution in [0.15, 0.2) is 47.4 Å². The number of imidazole rings is 1. The van der Waals surface area contributed by atoms with Crippen LogP contribution in [0.4, 0.5) is 8.78 Å². The number of hydrogen-bond donors (Lipinski definition) is 1. The Hall–Kier alpha value is -3.11. The lowest BCUT2D eigenvalue weighted by atomic mass is 10.2. The standard InChI is InChI=1S/C20H13F2N3O3S2/c21-12-5-6-14-15(7-12)24(9-11-3-1-2-4-13(11)22)17(23-14)8-16-19(28)25(10-18(26)27)20(29)30-16/h1-8H,9-10H2,(H,26,27)/b16-8-. The third kappa shape index (κ3) is 3.83. The van der Waals surface area contributed by atoms with Crippen molar-refractivity contribution >= 4 is 57.3 Å². The van der Waals surface area contributed by atoms with E-state index in [2.05, 4.69) is 4.98 Å². The van der Waals surface area contributed by atoms with Gasteiger partial charge in [-0.2, -0.15) is 0 Å². The van der Waals surface area contributed by atoms with Crippen LogP contribution in [0.2, 0.25) is 0 Å². The maximum Gasteiger partial charge on any atom is 0.323 e. The van der Waals surface area contributed by atoms with Crippen molar-refractivity contribution in [2.24, 2.45) is 0 Å². The van der Waals surface area contributed by atoms with Crippen molar-refractivity contribution in [2.45, 2.75) is 6.54 Å². The molecule has 0 unspecified atom stereocenters. The van der Waals surface area contributed by atoms with Gasteiger partial charge in [-0.15, -0.1) is 0 Å². The molecule has 1 aliphatic rings. The smallest absolute Gasteiger partial charge is 0.323 e. The largest absolute Gasteiger partial charge is 0.480 e. The molecule has 1 aliphatic heterocycles. The molecule has 0 bridgehead atoms. The number of fused-ring (bicyclic) bond motifs is 1. The predicted octanol–water partition coefficient (Wildman–Crippen LogP) is 3.65. The van der Waals surface area contributed by atoms with Crippen LogP contribution in [-0.4, -0.2) is 42.3 Å². The first kappa shape index (κ1) is 20.2. The Labute approximate surface area is 178 Å². The highest BCUT2D eigenvalue weighted by Crippen LogP contribution is 2.33. The monoisotopic (exact) mass is 445 g/mol. The van der Waals surface area contributed by atoms with Crippen molar-refractivity contribution < 1.29 is 23.5 Å². The number of carbonyl (C=O) groups is 2. The second-order valence-electron chi connectivity index (χ2n) is 6.44. The lowest BCUT2D eigenvalue weighted by Gasteiger charge is -2.10. The number of aromatic nitrogens is 2. The van der Waals surface area contributed by atoms with Crippen molar-refractivity contribution in [1.29, 1.82) is 0 Å². The number of hydrogen-bond acceptors (Lipinski definition) is 5. The van der Waals surface area contributed by atoms with Crippen LogP contribution >= 0.6 is 24.0 Å². The van der Waals surface area contributed by atoms with E-state index >= 15 is 0 Å². The van der Waals surface area contributed by atoms with Gasteiger partial charge in [-0.25, -0.2) is 13.8 Å². The molecule has 0 atom stereocenters. The van der Waals surface area contributed by atoms with E-state index in [0.717, 1.165) is 16.7 Å². The van der Waals surface area contributed by atoms with Gasteiger partial charge in [0.25, 0.3) is 5.91 Å². The Morgan fingerprint density at radius 2 is 2.00 bits per heavy atom. The number of nitrogens with zero attached hydrogens (tertiary/aromatic N) is 3. The molecule has 0 spiro atoms. The number of halogens is 2. The van der Waals surface area contributed by atoms with E-state index in [0.29, 0.717) is 22.4 Å². The molecular weight excluding hydrogens is 432 g/mol. The van der Waals surface area contributed by atoms with Crippen LogP contribution < -0.4 is 0 Å². The summed E-state index contributed by atoms with van der Waals surface area (Å²) >= 11 is 6.06. The Morgan fingerprint density at radius 1 is 1.23 bits per heavy atom. The van der Waals surface area contributed by atoms with Crippen LogP contribution in [0.5, 0.6) is 0 Å². The molecule has 2 aromatic carbocycles. The van der Waals surface area contributed by atoms with E-state index < -0.39 is 30.1 Å². The molecule has 3 aromatic rings. The summed E-state index contributed by atoms with van der Waals surface area (Å²) in [5, 5.41) is 8.97. The van der Waals surface area contributed by atoms with Gasteiger partial charge in [-0.3, -0.25) is 14.5 Å². The summed E-state index contributed by atoms with van der Waals surface area (Å²) < 4.78 is 29.8. The summed E-state index contributed by atoms with van der Waals surface area (Å²) in [6.07, 6.45) is 1.46. The van der Waals surface area contributed by atoms with Gasteiger partial charge in [-0.05, 0) is 24.3 Å². The Bertz CT molecular complexity index is 1240. The molecule has 1 aromatic heterocycles. The predicted molar refractivity (Wildman–Crippen MR) is 113 cm³/mol. The zero-order valence-corrected chi connectivity index (χ0v) is 16.8. The Kier molecular flexibility index (Phi) is 5.35. The molecule has 1 amide bonds. The zero-order chi connectivity index (χ0) is 21.4. The summed E-state index contributed by atoms with van der Waals surface area (Å²) in [6.45, 7) is -0.479. The summed E-state index contributed by atoms with van der Waals surface area (Å²) in [6, 6.07) is 10.2. The number of aliphatic carboxylic acids is 1. The molecule has 1 saturated heterocycles. The molecule has 0 radical (unpaired) electrons. The first-order valence-corrected chi connectivity index (χ1v) is 9.92. The van der Waals surface area contributed by atoms with Crippen molar-refractivity contribution in [3.8, 4) is 0 Å². The normalized spacial score (nSPS) is 15.5. The van der Waals surface area contributed by atoms with Crippen LogP contribution in [0.25, 0.3) is 17.1 Å². The molecule has 2 heterocycles. The molecule has 1 N–H and O–H groups in total. The van der Waals surface area contributed by atoms with Gasteiger partial charge >= 0.3 is 5.97 Å². The SMILES string of the molecule is O=C(O)CN1C(=O)/C(=C/c2nc3ccc(F)cc3n2Cc2ccccc2F)SC1=S. The first-order valence-electron chi connectivity index (χ1n) is 8.70. The Morgan fingerprint density at radius 3 is 2.73 bits per heavy atom. The molecular formula is C20H13F2N3O3S2. The highest BCUT2D eigenvalue weighted by molar-refractivity contribution is 8.26. The van der Waals surface area contributed by atoms with Gasteiger partial charge in [0.1, 0.15) is 28.3 Å². The molecule has 6 nitrogen and oxygen atoms in total. The van der Waals surface area contributed by atoms with Crippen LogP contribution in [0.3, 0.4) is 0 Å². The van der Waals surface area contributed by atoms with Gasteiger partial charge in [0.15, 0.2) is 0 Å². The molecule has 4 rings (SSSR count). The molecule has 0 saturated carbocycles. The number of thioether (sulfide) groups is 1. The number of benzene rings is 2. The van der Waals surface area contributed by atoms with E-state index in [-0.39, 0.29) is 15.8 Å².